The monoisotopic (exact) mass is 541 g/mol. The van der Waals surface area contributed by atoms with Crippen molar-refractivity contribution in [2.75, 3.05) is 23.8 Å². The smallest absolute Gasteiger partial charge is 0.250 e. The molecule has 3 amide bonds. The summed E-state index contributed by atoms with van der Waals surface area (Å²) >= 11 is 0. The summed E-state index contributed by atoms with van der Waals surface area (Å²) in [4.78, 5) is 43.7. The highest BCUT2D eigenvalue weighted by molar-refractivity contribution is 6.05. The number of aliphatic hydroxyl groups is 1. The molecule has 0 radical (unpaired) electrons. The highest BCUT2D eigenvalue weighted by Crippen LogP contribution is 2.64. The topological polar surface area (TPSA) is 108 Å². The van der Waals surface area contributed by atoms with Gasteiger partial charge in [-0.2, -0.15) is 0 Å². The summed E-state index contributed by atoms with van der Waals surface area (Å²) in [5.41, 5.74) is -0.599. The number of nitrogens with one attached hydrogen (secondary N) is 2. The third kappa shape index (κ3) is 4.17. The minimum Gasteiger partial charge on any atom is -0.396 e. The largest absolute Gasteiger partial charge is 0.396 e. The molecule has 3 aromatic rings. The van der Waals surface area contributed by atoms with Crippen molar-refractivity contribution in [3.05, 3.63) is 72.8 Å². The number of carbonyl (C=O) groups excluding carboxylic acids is 3. The maximum absolute atomic E-state index is 14.2. The fraction of sp³-hybridized carbons (Fsp3) is 0.406. The molecule has 3 aliphatic heterocycles. The second kappa shape index (κ2) is 10.3. The van der Waals surface area contributed by atoms with Crippen LogP contribution in [0.25, 0.3) is 10.8 Å². The van der Waals surface area contributed by atoms with Crippen LogP contribution in [0.4, 0.5) is 11.4 Å². The van der Waals surface area contributed by atoms with Crippen molar-refractivity contribution in [2.45, 2.75) is 56.3 Å². The highest BCUT2D eigenvalue weighted by Gasteiger charge is 2.78. The van der Waals surface area contributed by atoms with E-state index in [1.54, 1.807) is 4.90 Å². The number of unbranched alkanes of at least 4 members (excludes halogenated alkanes) is 1. The van der Waals surface area contributed by atoms with Crippen LogP contribution < -0.4 is 10.6 Å². The molecule has 8 heteroatoms. The van der Waals surface area contributed by atoms with E-state index in [1.807, 2.05) is 79.7 Å². The number of fused-ring (bicyclic) bond motifs is 2. The molecule has 3 aromatic carbocycles. The number of nitrogens with zero attached hydrogens (tertiary/aromatic N) is 1. The Morgan fingerprint density at radius 1 is 0.925 bits per heavy atom. The van der Waals surface area contributed by atoms with Gasteiger partial charge in [0.15, 0.2) is 0 Å². The maximum atomic E-state index is 14.2. The lowest BCUT2D eigenvalue weighted by molar-refractivity contribution is -0.144. The number of ether oxygens (including phenoxy) is 1. The standard InChI is InChI=1S/C32H35N3O5/c1-2-31-16-17-32(40-31)26(25(31)28(37)33-23-12-4-3-5-13-23)30(39)35(18-8-9-19-36)27(32)29(38)34-24-15-14-21-10-6-7-11-22(21)20-24/h3-7,10-15,20,25-27,36H,2,8-9,16-19H2,1H3,(H,33,37)(H,34,38)/t25-,26+,27?,31+,32?/m1/s1. The molecule has 3 heterocycles. The summed E-state index contributed by atoms with van der Waals surface area (Å²) in [5.74, 6) is -2.26. The van der Waals surface area contributed by atoms with Crippen molar-refractivity contribution in [1.82, 2.24) is 4.90 Å². The van der Waals surface area contributed by atoms with Gasteiger partial charge < -0.3 is 25.4 Å². The van der Waals surface area contributed by atoms with Crippen molar-refractivity contribution < 1.29 is 24.2 Å². The van der Waals surface area contributed by atoms with Crippen LogP contribution in [0.5, 0.6) is 0 Å². The molecule has 8 nitrogen and oxygen atoms in total. The van der Waals surface area contributed by atoms with Crippen LogP contribution in [0, 0.1) is 11.8 Å². The molecule has 6 rings (SSSR count). The Hall–Kier alpha value is -3.75. The van der Waals surface area contributed by atoms with E-state index in [0.29, 0.717) is 50.0 Å². The van der Waals surface area contributed by atoms with Crippen molar-refractivity contribution in [1.29, 1.82) is 0 Å². The van der Waals surface area contributed by atoms with Crippen LogP contribution >= 0.6 is 0 Å². The van der Waals surface area contributed by atoms with E-state index in [1.165, 1.54) is 0 Å². The SMILES string of the molecule is CC[C@@]12CCC3(O1)C(C(=O)Nc1ccc4ccccc4c1)N(CCCCO)C(=O)[C@@H]3[C@@H]2C(=O)Nc1ccccc1. The minimum atomic E-state index is -1.09. The number of anilines is 2. The van der Waals surface area contributed by atoms with Crippen molar-refractivity contribution >= 4 is 39.9 Å². The molecular weight excluding hydrogens is 506 g/mol. The van der Waals surface area contributed by atoms with Crippen LogP contribution in [-0.4, -0.2) is 58.1 Å². The fourth-order valence-electron chi connectivity index (χ4n) is 7.27. The van der Waals surface area contributed by atoms with Gasteiger partial charge in [-0.25, -0.2) is 0 Å². The van der Waals surface area contributed by atoms with Gasteiger partial charge in [-0.15, -0.1) is 0 Å². The summed E-state index contributed by atoms with van der Waals surface area (Å²) in [7, 11) is 0. The summed E-state index contributed by atoms with van der Waals surface area (Å²) in [6.45, 7) is 2.29. The maximum Gasteiger partial charge on any atom is 0.250 e. The van der Waals surface area contributed by atoms with Gasteiger partial charge in [-0.05, 0) is 67.1 Å². The van der Waals surface area contributed by atoms with Gasteiger partial charge in [0.1, 0.15) is 11.6 Å². The van der Waals surface area contributed by atoms with E-state index in [4.69, 9.17) is 4.74 Å². The fourth-order valence-corrected chi connectivity index (χ4v) is 7.27. The first-order chi connectivity index (χ1) is 19.4. The zero-order chi connectivity index (χ0) is 27.9. The van der Waals surface area contributed by atoms with Crippen molar-refractivity contribution in [2.24, 2.45) is 11.8 Å². The minimum absolute atomic E-state index is 0.00209. The lowest BCUT2D eigenvalue weighted by atomic mass is 9.65. The Morgan fingerprint density at radius 2 is 1.65 bits per heavy atom. The predicted molar refractivity (Wildman–Crippen MR) is 153 cm³/mol. The van der Waals surface area contributed by atoms with E-state index in [0.717, 1.165) is 10.8 Å². The Kier molecular flexibility index (Phi) is 6.84. The average Bonchev–Trinajstić information content (AvgIpc) is 3.57. The zero-order valence-electron chi connectivity index (χ0n) is 22.6. The van der Waals surface area contributed by atoms with Crippen LogP contribution in [0.3, 0.4) is 0 Å². The summed E-state index contributed by atoms with van der Waals surface area (Å²) in [5, 5.41) is 17.5. The lowest BCUT2D eigenvalue weighted by Crippen LogP contribution is -2.53. The van der Waals surface area contributed by atoms with E-state index >= 15 is 0 Å². The van der Waals surface area contributed by atoms with E-state index in [2.05, 4.69) is 10.6 Å². The van der Waals surface area contributed by atoms with Gasteiger partial charge in [0.2, 0.25) is 17.7 Å². The van der Waals surface area contributed by atoms with Gasteiger partial charge in [0.25, 0.3) is 0 Å². The quantitative estimate of drug-likeness (QED) is 0.349. The molecule has 0 saturated carbocycles. The Balaban J connectivity index is 1.35. The van der Waals surface area contributed by atoms with Gasteiger partial charge in [0, 0.05) is 24.5 Å². The first kappa shape index (κ1) is 26.5. The van der Waals surface area contributed by atoms with Gasteiger partial charge >= 0.3 is 0 Å². The highest BCUT2D eigenvalue weighted by atomic mass is 16.5. The van der Waals surface area contributed by atoms with Crippen molar-refractivity contribution in [3.8, 4) is 0 Å². The number of rotatable bonds is 9. The number of para-hydroxylation sites is 1. The number of carbonyl (C=O) groups is 3. The number of aliphatic hydroxyl groups excluding tert-OH is 1. The number of hydrogen-bond donors (Lipinski definition) is 3. The van der Waals surface area contributed by atoms with E-state index in [-0.39, 0.29) is 24.3 Å². The van der Waals surface area contributed by atoms with Gasteiger partial charge in [-0.3, -0.25) is 14.4 Å². The second-order valence-electron chi connectivity index (χ2n) is 11.2. The molecule has 3 aliphatic rings. The Bertz CT molecular complexity index is 1440. The average molecular weight is 542 g/mol. The summed E-state index contributed by atoms with van der Waals surface area (Å²) in [6, 6.07) is 22.0. The number of benzene rings is 3. The molecular formula is C32H35N3O5. The van der Waals surface area contributed by atoms with Crippen LogP contribution in [0.1, 0.15) is 39.0 Å². The second-order valence-corrected chi connectivity index (χ2v) is 11.2. The molecule has 3 fully saturated rings. The first-order valence-corrected chi connectivity index (χ1v) is 14.2. The Morgan fingerprint density at radius 3 is 2.40 bits per heavy atom. The molecule has 40 heavy (non-hydrogen) atoms. The molecule has 0 aliphatic carbocycles. The third-order valence-electron chi connectivity index (χ3n) is 9.08. The molecule has 5 atom stereocenters. The van der Waals surface area contributed by atoms with Gasteiger partial charge in [0.05, 0.1) is 17.4 Å². The van der Waals surface area contributed by atoms with Crippen LogP contribution in [0.2, 0.25) is 0 Å². The third-order valence-corrected chi connectivity index (χ3v) is 9.08. The van der Waals surface area contributed by atoms with Gasteiger partial charge in [-0.1, -0.05) is 55.5 Å². The lowest BCUT2D eigenvalue weighted by Gasteiger charge is -2.34. The number of likely N-dealkylation sites (tertiary alicyclic amines) is 1. The zero-order valence-corrected chi connectivity index (χ0v) is 22.6. The number of amides is 3. The molecule has 3 saturated heterocycles. The predicted octanol–water partition coefficient (Wildman–Crippen LogP) is 4.34. The molecule has 3 N–H and O–H groups in total. The summed E-state index contributed by atoms with van der Waals surface area (Å²) < 4.78 is 6.81. The Labute approximate surface area is 233 Å². The van der Waals surface area contributed by atoms with Crippen molar-refractivity contribution in [3.63, 3.8) is 0 Å². The normalized spacial score (nSPS) is 28.6. The molecule has 1 spiro atoms. The van der Waals surface area contributed by atoms with E-state index < -0.39 is 29.1 Å². The molecule has 2 unspecified atom stereocenters. The molecule has 0 aromatic heterocycles. The molecule has 2 bridgehead atoms. The summed E-state index contributed by atoms with van der Waals surface area (Å²) in [6.07, 6.45) is 2.75. The number of hydrogen-bond acceptors (Lipinski definition) is 5. The van der Waals surface area contributed by atoms with E-state index in [9.17, 15) is 19.5 Å². The molecule has 208 valence electrons. The first-order valence-electron chi connectivity index (χ1n) is 14.2. The van der Waals surface area contributed by atoms with Crippen LogP contribution in [-0.2, 0) is 19.1 Å². The van der Waals surface area contributed by atoms with Crippen LogP contribution in [0.15, 0.2) is 72.8 Å².